The van der Waals surface area contributed by atoms with Gasteiger partial charge in [0.2, 0.25) is 0 Å². The standard InChI is InChI=1S/C17H27NO3/c1-6-7-10-20-15-13-11-12(18-4)8-9-14(13)21-17(2,3)16(15)19-5/h8-9,11,15-16,18H,6-7,10H2,1-5H3. The highest BCUT2D eigenvalue weighted by Crippen LogP contribution is 2.44. The zero-order valence-corrected chi connectivity index (χ0v) is 13.7. The minimum Gasteiger partial charge on any atom is -0.485 e. The first-order valence-corrected chi connectivity index (χ1v) is 7.68. The van der Waals surface area contributed by atoms with Crippen LogP contribution in [0, 0.1) is 0 Å². The SMILES string of the molecule is CCCCOC1c2cc(NC)ccc2OC(C)(C)C1OC. The molecule has 1 aromatic carbocycles. The van der Waals surface area contributed by atoms with Crippen molar-refractivity contribution in [3.8, 4) is 5.75 Å². The summed E-state index contributed by atoms with van der Waals surface area (Å²) in [4.78, 5) is 0. The summed E-state index contributed by atoms with van der Waals surface area (Å²) in [6, 6.07) is 6.11. The lowest BCUT2D eigenvalue weighted by Crippen LogP contribution is -2.50. The van der Waals surface area contributed by atoms with Crippen LogP contribution in [-0.2, 0) is 9.47 Å². The Morgan fingerprint density at radius 2 is 2.10 bits per heavy atom. The summed E-state index contributed by atoms with van der Waals surface area (Å²) in [6.07, 6.45) is 1.94. The second kappa shape index (κ2) is 6.67. The Balaban J connectivity index is 2.36. The minimum absolute atomic E-state index is 0.103. The Hall–Kier alpha value is -1.26. The molecular weight excluding hydrogens is 266 g/mol. The number of benzene rings is 1. The van der Waals surface area contributed by atoms with Crippen molar-refractivity contribution in [2.75, 3.05) is 26.1 Å². The average molecular weight is 293 g/mol. The lowest BCUT2D eigenvalue weighted by Gasteiger charge is -2.43. The molecule has 0 amide bonds. The molecule has 0 radical (unpaired) electrons. The molecule has 1 heterocycles. The van der Waals surface area contributed by atoms with E-state index in [0.29, 0.717) is 0 Å². The lowest BCUT2D eigenvalue weighted by molar-refractivity contribution is -0.150. The molecule has 0 spiro atoms. The molecule has 2 rings (SSSR count). The van der Waals surface area contributed by atoms with E-state index in [-0.39, 0.29) is 12.2 Å². The monoisotopic (exact) mass is 293 g/mol. The van der Waals surface area contributed by atoms with Crippen molar-refractivity contribution < 1.29 is 14.2 Å². The molecule has 2 atom stereocenters. The predicted octanol–water partition coefficient (Wildman–Crippen LogP) is 3.77. The summed E-state index contributed by atoms with van der Waals surface area (Å²) in [6.45, 7) is 7.00. The summed E-state index contributed by atoms with van der Waals surface area (Å²) in [5.41, 5.74) is 1.69. The molecule has 4 nitrogen and oxygen atoms in total. The molecule has 1 aliphatic heterocycles. The van der Waals surface area contributed by atoms with E-state index in [1.165, 1.54) is 0 Å². The maximum Gasteiger partial charge on any atom is 0.132 e. The van der Waals surface area contributed by atoms with Crippen LogP contribution >= 0.6 is 0 Å². The molecule has 0 aliphatic carbocycles. The summed E-state index contributed by atoms with van der Waals surface area (Å²) in [7, 11) is 3.63. The fraction of sp³-hybridized carbons (Fsp3) is 0.647. The first kappa shape index (κ1) is 16.1. The fourth-order valence-corrected chi connectivity index (χ4v) is 2.83. The number of hydrogen-bond acceptors (Lipinski definition) is 4. The number of methoxy groups -OCH3 is 1. The summed E-state index contributed by atoms with van der Waals surface area (Å²) < 4.78 is 18.0. The van der Waals surface area contributed by atoms with E-state index in [9.17, 15) is 0 Å². The highest BCUT2D eigenvalue weighted by Gasteiger charge is 2.45. The van der Waals surface area contributed by atoms with Crippen molar-refractivity contribution in [3.63, 3.8) is 0 Å². The molecule has 118 valence electrons. The molecular formula is C17H27NO3. The predicted molar refractivity (Wildman–Crippen MR) is 85.1 cm³/mol. The molecule has 1 N–H and O–H groups in total. The van der Waals surface area contributed by atoms with Crippen molar-refractivity contribution in [1.29, 1.82) is 0 Å². The molecule has 0 bridgehead atoms. The molecule has 21 heavy (non-hydrogen) atoms. The van der Waals surface area contributed by atoms with Gasteiger partial charge in [-0.1, -0.05) is 13.3 Å². The van der Waals surface area contributed by atoms with E-state index in [1.807, 2.05) is 33.0 Å². The Bertz CT molecular complexity index is 473. The first-order chi connectivity index (χ1) is 10.0. The number of unbranched alkanes of at least 4 members (excludes halogenated alkanes) is 1. The van der Waals surface area contributed by atoms with Crippen molar-refractivity contribution in [2.24, 2.45) is 0 Å². The first-order valence-electron chi connectivity index (χ1n) is 7.68. The maximum absolute atomic E-state index is 6.16. The molecule has 0 saturated carbocycles. The van der Waals surface area contributed by atoms with E-state index in [4.69, 9.17) is 14.2 Å². The average Bonchev–Trinajstić information content (AvgIpc) is 2.46. The van der Waals surface area contributed by atoms with Crippen LogP contribution in [-0.4, -0.2) is 32.5 Å². The maximum atomic E-state index is 6.16. The number of fused-ring (bicyclic) bond motifs is 1. The van der Waals surface area contributed by atoms with Crippen LogP contribution in [0.2, 0.25) is 0 Å². The quantitative estimate of drug-likeness (QED) is 0.810. The van der Waals surface area contributed by atoms with E-state index in [2.05, 4.69) is 18.3 Å². The Morgan fingerprint density at radius 1 is 1.33 bits per heavy atom. The van der Waals surface area contributed by atoms with Crippen LogP contribution in [0.25, 0.3) is 0 Å². The van der Waals surface area contributed by atoms with E-state index >= 15 is 0 Å². The third-order valence-electron chi connectivity index (χ3n) is 3.99. The summed E-state index contributed by atoms with van der Waals surface area (Å²) in [5.74, 6) is 0.883. The highest BCUT2D eigenvalue weighted by molar-refractivity contribution is 5.53. The van der Waals surface area contributed by atoms with Gasteiger partial charge in [-0.3, -0.25) is 0 Å². The zero-order valence-electron chi connectivity index (χ0n) is 13.7. The summed E-state index contributed by atoms with van der Waals surface area (Å²) >= 11 is 0. The number of anilines is 1. The van der Waals surface area contributed by atoms with E-state index < -0.39 is 5.60 Å². The van der Waals surface area contributed by atoms with Gasteiger partial charge in [0.05, 0.1) is 0 Å². The fourth-order valence-electron chi connectivity index (χ4n) is 2.83. The zero-order chi connectivity index (χ0) is 15.5. The van der Waals surface area contributed by atoms with Gasteiger partial charge in [-0.2, -0.15) is 0 Å². The van der Waals surface area contributed by atoms with Crippen molar-refractivity contribution >= 4 is 5.69 Å². The molecule has 1 aliphatic rings. The molecule has 0 fully saturated rings. The Morgan fingerprint density at radius 3 is 2.71 bits per heavy atom. The number of nitrogens with one attached hydrogen (secondary N) is 1. The second-order valence-corrected chi connectivity index (χ2v) is 6.01. The largest absolute Gasteiger partial charge is 0.485 e. The van der Waals surface area contributed by atoms with Crippen molar-refractivity contribution in [3.05, 3.63) is 23.8 Å². The Kier molecular flexibility index (Phi) is 5.12. The van der Waals surface area contributed by atoms with Gasteiger partial charge in [-0.05, 0) is 38.5 Å². The highest BCUT2D eigenvalue weighted by atomic mass is 16.6. The van der Waals surface area contributed by atoms with Crippen molar-refractivity contribution in [2.45, 2.75) is 51.4 Å². The molecule has 0 aromatic heterocycles. The van der Waals surface area contributed by atoms with E-state index in [0.717, 1.165) is 36.4 Å². The second-order valence-electron chi connectivity index (χ2n) is 6.01. The van der Waals surface area contributed by atoms with Crippen LogP contribution in [0.15, 0.2) is 18.2 Å². The third-order valence-corrected chi connectivity index (χ3v) is 3.99. The minimum atomic E-state index is -0.417. The van der Waals surface area contributed by atoms with Gasteiger partial charge in [0.15, 0.2) is 0 Å². The van der Waals surface area contributed by atoms with Crippen LogP contribution < -0.4 is 10.1 Å². The normalized spacial score (nSPS) is 23.3. The number of rotatable bonds is 6. The van der Waals surface area contributed by atoms with Crippen LogP contribution in [0.1, 0.15) is 45.3 Å². The lowest BCUT2D eigenvalue weighted by atomic mass is 9.88. The molecule has 1 aromatic rings. The van der Waals surface area contributed by atoms with Gasteiger partial charge in [0, 0.05) is 32.0 Å². The van der Waals surface area contributed by atoms with Gasteiger partial charge in [0.25, 0.3) is 0 Å². The van der Waals surface area contributed by atoms with Crippen LogP contribution in [0.4, 0.5) is 5.69 Å². The topological polar surface area (TPSA) is 39.7 Å². The number of ether oxygens (including phenoxy) is 3. The van der Waals surface area contributed by atoms with Crippen molar-refractivity contribution in [1.82, 2.24) is 0 Å². The van der Waals surface area contributed by atoms with Gasteiger partial charge in [-0.25, -0.2) is 0 Å². The summed E-state index contributed by atoms with van der Waals surface area (Å²) in [5, 5.41) is 3.17. The molecule has 4 heteroatoms. The third kappa shape index (κ3) is 3.33. The van der Waals surface area contributed by atoms with E-state index in [1.54, 1.807) is 7.11 Å². The van der Waals surface area contributed by atoms with Gasteiger partial charge in [0.1, 0.15) is 23.6 Å². The molecule has 0 saturated heterocycles. The van der Waals surface area contributed by atoms with Gasteiger partial charge < -0.3 is 19.5 Å². The van der Waals surface area contributed by atoms with Crippen LogP contribution in [0.3, 0.4) is 0 Å². The van der Waals surface area contributed by atoms with Gasteiger partial charge in [-0.15, -0.1) is 0 Å². The molecule has 2 unspecified atom stereocenters. The van der Waals surface area contributed by atoms with Gasteiger partial charge >= 0.3 is 0 Å². The smallest absolute Gasteiger partial charge is 0.132 e. The number of hydrogen-bond donors (Lipinski definition) is 1. The van der Waals surface area contributed by atoms with Crippen LogP contribution in [0.5, 0.6) is 5.75 Å². The Labute approximate surface area is 127 Å².